The fourth-order valence-electron chi connectivity index (χ4n) is 2.82. The molecule has 154 valence electrons. The van der Waals surface area contributed by atoms with Crippen molar-refractivity contribution >= 4 is 53.1 Å². The number of aromatic nitrogens is 1. The van der Waals surface area contributed by atoms with E-state index in [2.05, 4.69) is 31.4 Å². The second-order valence-electron chi connectivity index (χ2n) is 6.10. The van der Waals surface area contributed by atoms with Crippen LogP contribution in [0, 0.1) is 5.82 Å². The summed E-state index contributed by atoms with van der Waals surface area (Å²) in [5.74, 6) is 0.501. The second kappa shape index (κ2) is 9.69. The lowest BCUT2D eigenvalue weighted by Gasteiger charge is -2.17. The standard InChI is InChI=1S/C21H19ClFN5OS/c1-12-16(8-13(10-24-2)20(25-3)27-12)15-6-5-7-17(19(15)23)28-30-18-9-14(22)11-26-21(18)29-4/h5-11,28H,2H2,1,3-4H3/b13-10-,25-20?. The van der Waals surface area contributed by atoms with Crippen molar-refractivity contribution in [1.82, 2.24) is 4.98 Å². The molecule has 0 spiro atoms. The quantitative estimate of drug-likeness (QED) is 0.474. The molecule has 0 fully saturated rings. The molecule has 0 bridgehead atoms. The summed E-state index contributed by atoms with van der Waals surface area (Å²) in [6, 6.07) is 6.80. The number of benzene rings is 1. The molecule has 6 nitrogen and oxygen atoms in total. The van der Waals surface area contributed by atoms with Gasteiger partial charge in [-0.2, -0.15) is 0 Å². The molecule has 2 aromatic rings. The zero-order valence-electron chi connectivity index (χ0n) is 16.6. The Balaban J connectivity index is 1.94. The number of aliphatic imine (C=N–C) groups is 3. The Kier molecular flexibility index (Phi) is 7.02. The first-order valence-corrected chi connectivity index (χ1v) is 9.99. The highest BCUT2D eigenvalue weighted by Gasteiger charge is 2.20. The molecule has 1 aliphatic heterocycles. The van der Waals surface area contributed by atoms with E-state index in [1.165, 1.54) is 13.3 Å². The summed E-state index contributed by atoms with van der Waals surface area (Å²) in [5, 5.41) is 0.456. The molecule has 0 aliphatic carbocycles. The van der Waals surface area contributed by atoms with E-state index < -0.39 is 5.82 Å². The van der Waals surface area contributed by atoms with Gasteiger partial charge in [0, 0.05) is 41.9 Å². The third-order valence-corrected chi connectivity index (χ3v) is 5.24. The zero-order chi connectivity index (χ0) is 21.7. The number of pyridine rings is 1. The van der Waals surface area contributed by atoms with Crippen LogP contribution in [0.2, 0.25) is 5.02 Å². The topological polar surface area (TPSA) is 71.2 Å². The SMILES string of the molecule is C=N/C=C1/C=C(c2cccc(NSc3cc(Cl)cnc3OC)c2F)C(C)=NC1=NC. The Bertz CT molecular complexity index is 1110. The van der Waals surface area contributed by atoms with Crippen LogP contribution in [0.15, 0.2) is 68.2 Å². The van der Waals surface area contributed by atoms with Gasteiger partial charge in [-0.15, -0.1) is 0 Å². The van der Waals surface area contributed by atoms with E-state index in [-0.39, 0.29) is 0 Å². The minimum absolute atomic E-state index is 0.301. The number of rotatable bonds is 6. The van der Waals surface area contributed by atoms with Crippen molar-refractivity contribution in [3.05, 3.63) is 64.7 Å². The molecule has 30 heavy (non-hydrogen) atoms. The maximum Gasteiger partial charge on any atom is 0.228 e. The van der Waals surface area contributed by atoms with Gasteiger partial charge in [-0.25, -0.2) is 14.4 Å². The van der Waals surface area contributed by atoms with Gasteiger partial charge in [0.2, 0.25) is 5.88 Å². The van der Waals surface area contributed by atoms with Crippen LogP contribution in [0.25, 0.3) is 5.57 Å². The molecule has 0 unspecified atom stereocenters. The van der Waals surface area contributed by atoms with E-state index >= 15 is 4.39 Å². The highest BCUT2D eigenvalue weighted by atomic mass is 35.5. The number of dihydropyridines is 1. The van der Waals surface area contributed by atoms with Crippen LogP contribution >= 0.6 is 23.5 Å². The molecular weight excluding hydrogens is 425 g/mol. The number of amidine groups is 1. The molecule has 2 heterocycles. The third kappa shape index (κ3) is 4.60. The Labute approximate surface area is 183 Å². The number of hydrogen-bond donors (Lipinski definition) is 1. The lowest BCUT2D eigenvalue weighted by atomic mass is 9.95. The molecule has 1 aromatic carbocycles. The Morgan fingerprint density at radius 3 is 2.87 bits per heavy atom. The van der Waals surface area contributed by atoms with Crippen LogP contribution in [0.3, 0.4) is 0 Å². The summed E-state index contributed by atoms with van der Waals surface area (Å²) in [5.41, 5.74) is 2.67. The highest BCUT2D eigenvalue weighted by Crippen LogP contribution is 2.34. The van der Waals surface area contributed by atoms with Gasteiger partial charge < -0.3 is 9.46 Å². The summed E-state index contributed by atoms with van der Waals surface area (Å²) in [7, 11) is 3.15. The lowest BCUT2D eigenvalue weighted by Crippen LogP contribution is -2.12. The minimum Gasteiger partial charge on any atom is -0.480 e. The van der Waals surface area contributed by atoms with Gasteiger partial charge in [0.25, 0.3) is 0 Å². The predicted octanol–water partition coefficient (Wildman–Crippen LogP) is 5.47. The smallest absolute Gasteiger partial charge is 0.228 e. The van der Waals surface area contributed by atoms with Gasteiger partial charge in [-0.3, -0.25) is 9.98 Å². The Hall–Kier alpha value is -2.97. The lowest BCUT2D eigenvalue weighted by molar-refractivity contribution is 0.387. The summed E-state index contributed by atoms with van der Waals surface area (Å²) in [6.07, 6.45) is 4.84. The van der Waals surface area contributed by atoms with Crippen LogP contribution in [-0.4, -0.2) is 37.4 Å². The maximum absolute atomic E-state index is 15.4. The first-order valence-electron chi connectivity index (χ1n) is 8.80. The van der Waals surface area contributed by atoms with Crippen molar-refractivity contribution in [3.8, 4) is 5.88 Å². The van der Waals surface area contributed by atoms with E-state index in [0.717, 1.165) is 11.9 Å². The van der Waals surface area contributed by atoms with Crippen molar-refractivity contribution in [3.63, 3.8) is 0 Å². The van der Waals surface area contributed by atoms with Crippen LogP contribution in [-0.2, 0) is 0 Å². The Morgan fingerprint density at radius 2 is 2.17 bits per heavy atom. The number of allylic oxidation sites excluding steroid dienone is 1. The normalized spacial score (nSPS) is 16.3. The predicted molar refractivity (Wildman–Crippen MR) is 124 cm³/mol. The van der Waals surface area contributed by atoms with Crippen molar-refractivity contribution in [2.45, 2.75) is 11.8 Å². The number of nitrogens with zero attached hydrogens (tertiary/aromatic N) is 4. The maximum atomic E-state index is 15.4. The van der Waals surface area contributed by atoms with E-state index in [1.807, 2.05) is 6.92 Å². The van der Waals surface area contributed by atoms with Gasteiger partial charge in [0.15, 0.2) is 11.7 Å². The average Bonchev–Trinajstić information content (AvgIpc) is 2.74. The monoisotopic (exact) mass is 443 g/mol. The summed E-state index contributed by atoms with van der Waals surface area (Å²) in [6.45, 7) is 5.29. The number of anilines is 1. The number of methoxy groups -OCH3 is 1. The molecule has 0 atom stereocenters. The van der Waals surface area contributed by atoms with E-state index in [1.54, 1.807) is 43.6 Å². The number of nitrogens with one attached hydrogen (secondary N) is 1. The molecular formula is C21H19ClFN5OS. The molecule has 0 amide bonds. The average molecular weight is 444 g/mol. The number of halogens is 2. The van der Waals surface area contributed by atoms with Crippen molar-refractivity contribution in [2.24, 2.45) is 15.0 Å². The van der Waals surface area contributed by atoms with Gasteiger partial charge in [-0.05, 0) is 43.8 Å². The van der Waals surface area contributed by atoms with Crippen LogP contribution in [0.4, 0.5) is 10.1 Å². The Morgan fingerprint density at radius 1 is 1.37 bits per heavy atom. The summed E-state index contributed by atoms with van der Waals surface area (Å²) in [4.78, 5) is 17.1. The molecule has 1 aromatic heterocycles. The second-order valence-corrected chi connectivity index (χ2v) is 7.39. The van der Waals surface area contributed by atoms with Crippen molar-refractivity contribution in [2.75, 3.05) is 18.9 Å². The molecule has 1 aliphatic rings. The summed E-state index contributed by atoms with van der Waals surface area (Å²) >= 11 is 7.17. The van der Waals surface area contributed by atoms with E-state index in [0.29, 0.717) is 49.7 Å². The number of hydrogen-bond acceptors (Lipinski definition) is 6. The highest BCUT2D eigenvalue weighted by molar-refractivity contribution is 8.00. The van der Waals surface area contributed by atoms with Gasteiger partial charge in [0.1, 0.15) is 0 Å². The fraction of sp³-hybridized carbons (Fsp3) is 0.143. The molecule has 9 heteroatoms. The van der Waals surface area contributed by atoms with Crippen LogP contribution in [0.1, 0.15) is 12.5 Å². The van der Waals surface area contributed by atoms with Gasteiger partial charge in [0.05, 0.1) is 22.7 Å². The first-order chi connectivity index (χ1) is 14.5. The molecule has 0 saturated carbocycles. The van der Waals surface area contributed by atoms with Gasteiger partial charge in [-0.1, -0.05) is 23.7 Å². The van der Waals surface area contributed by atoms with Crippen LogP contribution < -0.4 is 9.46 Å². The molecule has 0 saturated heterocycles. The van der Waals surface area contributed by atoms with Gasteiger partial charge >= 0.3 is 0 Å². The van der Waals surface area contributed by atoms with Crippen LogP contribution in [0.5, 0.6) is 5.88 Å². The van der Waals surface area contributed by atoms with E-state index in [9.17, 15) is 0 Å². The minimum atomic E-state index is -0.414. The molecule has 3 rings (SSSR count). The molecule has 0 radical (unpaired) electrons. The van der Waals surface area contributed by atoms with Crippen molar-refractivity contribution < 1.29 is 9.13 Å². The first kappa shape index (κ1) is 21.7. The summed E-state index contributed by atoms with van der Waals surface area (Å²) < 4.78 is 23.6. The molecule has 1 N–H and O–H groups in total. The third-order valence-electron chi connectivity index (χ3n) is 4.20. The van der Waals surface area contributed by atoms with E-state index in [4.69, 9.17) is 16.3 Å². The zero-order valence-corrected chi connectivity index (χ0v) is 18.2. The largest absolute Gasteiger partial charge is 0.480 e. The fourth-order valence-corrected chi connectivity index (χ4v) is 3.83. The van der Waals surface area contributed by atoms with Crippen molar-refractivity contribution in [1.29, 1.82) is 0 Å². The number of ether oxygens (including phenoxy) is 1.